The van der Waals surface area contributed by atoms with Gasteiger partial charge >= 0.3 is 0 Å². The number of hydrogen-bond donors (Lipinski definition) is 2. The summed E-state index contributed by atoms with van der Waals surface area (Å²) >= 11 is 0. The van der Waals surface area contributed by atoms with Gasteiger partial charge in [-0.15, -0.1) is 0 Å². The van der Waals surface area contributed by atoms with Gasteiger partial charge in [0.25, 0.3) is 11.5 Å². The average Bonchev–Trinajstić information content (AvgIpc) is 2.64. The topological polar surface area (TPSA) is 89.4 Å². The Hall–Kier alpha value is -3.61. The van der Waals surface area contributed by atoms with Gasteiger partial charge in [0.05, 0.1) is 5.39 Å². The van der Waals surface area contributed by atoms with Crippen LogP contribution in [0.1, 0.15) is 6.92 Å². The molecule has 7 heteroatoms. The van der Waals surface area contributed by atoms with E-state index in [0.29, 0.717) is 27.9 Å². The second kappa shape index (κ2) is 7.74. The molecule has 2 amide bonds. The molecule has 3 aromatic rings. The van der Waals surface area contributed by atoms with Crippen molar-refractivity contribution in [1.82, 2.24) is 4.57 Å². The number of nitrogens with zero attached hydrogens (tertiary/aromatic N) is 1. The molecule has 0 aliphatic rings. The van der Waals surface area contributed by atoms with Gasteiger partial charge < -0.3 is 19.9 Å². The summed E-state index contributed by atoms with van der Waals surface area (Å²) in [6.07, 6.45) is 1.66. The molecule has 2 N–H and O–H groups in total. The molecule has 3 rings (SSSR count). The number of pyridine rings is 1. The number of benzene rings is 2. The number of anilines is 2. The van der Waals surface area contributed by atoms with Gasteiger partial charge in [-0.2, -0.15) is 0 Å². The molecule has 0 unspecified atom stereocenters. The Morgan fingerprint density at radius 2 is 1.63 bits per heavy atom. The molecule has 0 saturated heterocycles. The number of carbonyl (C=O) groups is 2. The molecule has 0 atom stereocenters. The van der Waals surface area contributed by atoms with Gasteiger partial charge in [-0.3, -0.25) is 14.4 Å². The second-order valence-electron chi connectivity index (χ2n) is 6.04. The number of rotatable bonds is 5. The highest BCUT2D eigenvalue weighted by molar-refractivity contribution is 5.93. The van der Waals surface area contributed by atoms with Gasteiger partial charge in [0.2, 0.25) is 5.91 Å². The van der Waals surface area contributed by atoms with Crippen LogP contribution in [0.2, 0.25) is 0 Å². The molecular weight excluding hydrogens is 346 g/mol. The summed E-state index contributed by atoms with van der Waals surface area (Å²) in [6, 6.07) is 13.7. The van der Waals surface area contributed by atoms with Crippen LogP contribution in [0.4, 0.5) is 11.4 Å². The average molecular weight is 365 g/mol. The first-order chi connectivity index (χ1) is 12.9. The lowest BCUT2D eigenvalue weighted by molar-refractivity contribution is -0.118. The Balaban J connectivity index is 1.66. The van der Waals surface area contributed by atoms with E-state index in [9.17, 15) is 14.4 Å². The van der Waals surface area contributed by atoms with Crippen molar-refractivity contribution in [1.29, 1.82) is 0 Å². The van der Waals surface area contributed by atoms with Crippen molar-refractivity contribution in [3.05, 3.63) is 65.1 Å². The highest BCUT2D eigenvalue weighted by Crippen LogP contribution is 2.23. The van der Waals surface area contributed by atoms with E-state index >= 15 is 0 Å². The minimum Gasteiger partial charge on any atom is -0.483 e. The molecule has 0 aliphatic carbocycles. The summed E-state index contributed by atoms with van der Waals surface area (Å²) in [5.41, 5.74) is 1.11. The van der Waals surface area contributed by atoms with Crippen molar-refractivity contribution in [3.63, 3.8) is 0 Å². The Morgan fingerprint density at radius 3 is 2.30 bits per heavy atom. The number of aryl methyl sites for hydroxylation is 1. The Kier molecular flexibility index (Phi) is 5.21. The molecule has 2 aromatic carbocycles. The zero-order valence-electron chi connectivity index (χ0n) is 15.0. The quantitative estimate of drug-likeness (QED) is 0.727. The van der Waals surface area contributed by atoms with Gasteiger partial charge in [-0.1, -0.05) is 6.07 Å². The van der Waals surface area contributed by atoms with Gasteiger partial charge in [-0.05, 0) is 42.5 Å². The number of hydrogen-bond acceptors (Lipinski definition) is 4. The molecule has 0 bridgehead atoms. The van der Waals surface area contributed by atoms with Gasteiger partial charge in [0.15, 0.2) is 6.61 Å². The van der Waals surface area contributed by atoms with Crippen LogP contribution >= 0.6 is 0 Å². The number of nitrogens with one attached hydrogen (secondary N) is 2. The third-order valence-corrected chi connectivity index (χ3v) is 3.93. The molecule has 27 heavy (non-hydrogen) atoms. The predicted octanol–water partition coefficient (Wildman–Crippen LogP) is 2.51. The summed E-state index contributed by atoms with van der Waals surface area (Å²) in [5, 5.41) is 6.57. The molecule has 1 heterocycles. The summed E-state index contributed by atoms with van der Waals surface area (Å²) in [4.78, 5) is 35.3. The molecule has 0 fully saturated rings. The standard InChI is InChI=1S/C20H19N3O4/c1-13(24)21-14-6-8-15(9-7-14)22-19(25)12-27-18-5-3-4-17-16(18)10-11-23(2)20(17)26/h3-11H,12H2,1-2H3,(H,21,24)(H,22,25). The maximum atomic E-state index is 12.2. The van der Waals surface area contributed by atoms with Crippen molar-refractivity contribution in [3.8, 4) is 5.75 Å². The lowest BCUT2D eigenvalue weighted by Gasteiger charge is -2.11. The fourth-order valence-corrected chi connectivity index (χ4v) is 2.65. The lowest BCUT2D eigenvalue weighted by atomic mass is 10.1. The molecular formula is C20H19N3O4. The summed E-state index contributed by atoms with van der Waals surface area (Å²) in [5.74, 6) is -0.0189. The normalized spacial score (nSPS) is 10.4. The monoisotopic (exact) mass is 365 g/mol. The molecule has 1 aromatic heterocycles. The van der Waals surface area contributed by atoms with E-state index in [-0.39, 0.29) is 24.0 Å². The summed E-state index contributed by atoms with van der Waals surface area (Å²) in [6.45, 7) is 1.23. The van der Waals surface area contributed by atoms with E-state index in [1.165, 1.54) is 11.5 Å². The second-order valence-corrected chi connectivity index (χ2v) is 6.04. The number of fused-ring (bicyclic) bond motifs is 1. The van der Waals surface area contributed by atoms with E-state index in [1.807, 2.05) is 0 Å². The number of carbonyl (C=O) groups excluding carboxylic acids is 2. The van der Waals surface area contributed by atoms with Crippen molar-refractivity contribution >= 4 is 34.0 Å². The highest BCUT2D eigenvalue weighted by atomic mass is 16.5. The summed E-state index contributed by atoms with van der Waals surface area (Å²) in [7, 11) is 1.68. The van der Waals surface area contributed by atoms with Crippen LogP contribution in [0.15, 0.2) is 59.5 Å². The zero-order chi connectivity index (χ0) is 19.4. The van der Waals surface area contributed by atoms with Crippen molar-refractivity contribution in [2.75, 3.05) is 17.2 Å². The third-order valence-electron chi connectivity index (χ3n) is 3.93. The molecule has 138 valence electrons. The van der Waals surface area contributed by atoms with Crippen LogP contribution in [-0.2, 0) is 16.6 Å². The Bertz CT molecular complexity index is 1060. The van der Waals surface area contributed by atoms with Gasteiger partial charge in [0, 0.05) is 36.9 Å². The first kappa shape index (κ1) is 18.2. The van der Waals surface area contributed by atoms with Crippen molar-refractivity contribution < 1.29 is 14.3 Å². The van der Waals surface area contributed by atoms with E-state index in [1.54, 1.807) is 61.8 Å². The predicted molar refractivity (Wildman–Crippen MR) is 104 cm³/mol. The van der Waals surface area contributed by atoms with Crippen LogP contribution < -0.4 is 20.9 Å². The molecule has 0 spiro atoms. The lowest BCUT2D eigenvalue weighted by Crippen LogP contribution is -2.20. The van der Waals surface area contributed by atoms with Crippen LogP contribution in [-0.4, -0.2) is 23.0 Å². The van der Waals surface area contributed by atoms with Gasteiger partial charge in [-0.25, -0.2) is 0 Å². The van der Waals surface area contributed by atoms with Gasteiger partial charge in [0.1, 0.15) is 5.75 Å². The zero-order valence-corrected chi connectivity index (χ0v) is 15.0. The first-order valence-corrected chi connectivity index (χ1v) is 8.33. The third kappa shape index (κ3) is 4.33. The molecule has 7 nitrogen and oxygen atoms in total. The largest absolute Gasteiger partial charge is 0.483 e. The molecule has 0 saturated carbocycles. The van der Waals surface area contributed by atoms with Crippen LogP contribution in [0, 0.1) is 0 Å². The van der Waals surface area contributed by atoms with Crippen molar-refractivity contribution in [2.24, 2.45) is 7.05 Å². The summed E-state index contributed by atoms with van der Waals surface area (Å²) < 4.78 is 7.10. The minimum atomic E-state index is -0.330. The van der Waals surface area contributed by atoms with Crippen LogP contribution in [0.5, 0.6) is 5.75 Å². The first-order valence-electron chi connectivity index (χ1n) is 8.33. The number of aromatic nitrogens is 1. The van der Waals surface area contributed by atoms with Crippen molar-refractivity contribution in [2.45, 2.75) is 6.92 Å². The van der Waals surface area contributed by atoms with Crippen LogP contribution in [0.25, 0.3) is 10.8 Å². The smallest absolute Gasteiger partial charge is 0.262 e. The Labute approximate surface area is 155 Å². The fraction of sp³-hybridized carbons (Fsp3) is 0.150. The van der Waals surface area contributed by atoms with E-state index in [0.717, 1.165) is 0 Å². The Morgan fingerprint density at radius 1 is 0.963 bits per heavy atom. The fourth-order valence-electron chi connectivity index (χ4n) is 2.65. The maximum absolute atomic E-state index is 12.2. The van der Waals surface area contributed by atoms with E-state index < -0.39 is 0 Å². The highest BCUT2D eigenvalue weighted by Gasteiger charge is 2.09. The maximum Gasteiger partial charge on any atom is 0.262 e. The van der Waals surface area contributed by atoms with E-state index in [4.69, 9.17) is 4.74 Å². The SMILES string of the molecule is CC(=O)Nc1ccc(NC(=O)COc2cccc3c(=O)n(C)ccc23)cc1. The number of ether oxygens (including phenoxy) is 1. The molecule has 0 aliphatic heterocycles. The molecule has 0 radical (unpaired) electrons. The minimum absolute atomic E-state index is 0.123. The number of amides is 2. The van der Waals surface area contributed by atoms with E-state index in [2.05, 4.69) is 10.6 Å². The van der Waals surface area contributed by atoms with Crippen LogP contribution in [0.3, 0.4) is 0 Å².